The molecule has 0 amide bonds. The van der Waals surface area contributed by atoms with E-state index < -0.39 is 0 Å². The fraction of sp³-hybridized carbons (Fsp3) is 0.368. The van der Waals surface area contributed by atoms with Gasteiger partial charge in [-0.25, -0.2) is 0 Å². The lowest BCUT2D eigenvalue weighted by Crippen LogP contribution is -2.10. The molecule has 21 heavy (non-hydrogen) atoms. The summed E-state index contributed by atoms with van der Waals surface area (Å²) in [6.07, 6.45) is 0. The summed E-state index contributed by atoms with van der Waals surface area (Å²) in [7, 11) is 0. The van der Waals surface area contributed by atoms with Gasteiger partial charge in [0.05, 0.1) is 0 Å². The van der Waals surface area contributed by atoms with Crippen LogP contribution in [0.3, 0.4) is 0 Å². The van der Waals surface area contributed by atoms with Gasteiger partial charge in [0.2, 0.25) is 0 Å². The third kappa shape index (κ3) is 4.89. The van der Waals surface area contributed by atoms with Crippen molar-refractivity contribution in [3.05, 3.63) is 65.7 Å². The van der Waals surface area contributed by atoms with Crippen LogP contribution in [-0.2, 0) is 5.41 Å². The first-order valence-corrected chi connectivity index (χ1v) is 9.45. The summed E-state index contributed by atoms with van der Waals surface area (Å²) in [4.78, 5) is 1.35. The summed E-state index contributed by atoms with van der Waals surface area (Å²) in [5, 5.41) is 1.00. The average molecular weight is 363 g/mol. The minimum atomic E-state index is 0.228. The van der Waals surface area contributed by atoms with Crippen molar-refractivity contribution in [1.29, 1.82) is 0 Å². The van der Waals surface area contributed by atoms with Gasteiger partial charge in [-0.1, -0.05) is 79.2 Å². The van der Waals surface area contributed by atoms with Gasteiger partial charge in [0.15, 0.2) is 0 Å². The van der Waals surface area contributed by atoms with Gasteiger partial charge >= 0.3 is 0 Å². The molecule has 0 aliphatic rings. The van der Waals surface area contributed by atoms with E-state index in [0.717, 1.165) is 11.1 Å². The highest BCUT2D eigenvalue weighted by Crippen LogP contribution is 2.29. The van der Waals surface area contributed by atoms with Crippen molar-refractivity contribution in [2.75, 3.05) is 11.1 Å². The molecule has 2 heteroatoms. The van der Waals surface area contributed by atoms with Gasteiger partial charge in [-0.05, 0) is 28.7 Å². The molecule has 2 aromatic rings. The first kappa shape index (κ1) is 16.6. The van der Waals surface area contributed by atoms with Crippen molar-refractivity contribution < 1.29 is 0 Å². The molecule has 1 atom stereocenters. The van der Waals surface area contributed by atoms with Crippen LogP contribution >= 0.6 is 27.7 Å². The topological polar surface area (TPSA) is 0 Å². The molecule has 0 heterocycles. The quantitative estimate of drug-likeness (QED) is 0.447. The number of thioether (sulfide) groups is 1. The van der Waals surface area contributed by atoms with Gasteiger partial charge in [0.1, 0.15) is 0 Å². The Labute approximate surface area is 141 Å². The fourth-order valence-corrected chi connectivity index (χ4v) is 4.14. The largest absolute Gasteiger partial charge is 0.126 e. The summed E-state index contributed by atoms with van der Waals surface area (Å²) in [5.41, 5.74) is 3.03. The standard InChI is InChI=1S/C19H23BrS/c1-19(2,3)17-9-11-18(12-10-17)21-14-16(13-20)15-7-5-4-6-8-15/h4-12,16H,13-14H2,1-3H3. The number of rotatable bonds is 5. The predicted molar refractivity (Wildman–Crippen MR) is 98.8 cm³/mol. The molecule has 0 saturated heterocycles. The highest BCUT2D eigenvalue weighted by Gasteiger charge is 2.14. The number of hydrogen-bond donors (Lipinski definition) is 0. The maximum absolute atomic E-state index is 3.65. The van der Waals surface area contributed by atoms with Gasteiger partial charge in [-0.15, -0.1) is 11.8 Å². The lowest BCUT2D eigenvalue weighted by Gasteiger charge is -2.19. The van der Waals surface area contributed by atoms with Crippen molar-refractivity contribution in [3.63, 3.8) is 0 Å². The Morgan fingerprint density at radius 2 is 1.57 bits per heavy atom. The summed E-state index contributed by atoms with van der Waals surface area (Å²) >= 11 is 5.59. The Hall–Kier alpha value is -0.730. The number of hydrogen-bond acceptors (Lipinski definition) is 1. The Morgan fingerprint density at radius 3 is 2.10 bits per heavy atom. The zero-order valence-electron chi connectivity index (χ0n) is 13.0. The zero-order chi connectivity index (χ0) is 15.3. The first-order valence-electron chi connectivity index (χ1n) is 7.35. The Balaban J connectivity index is 1.99. The van der Waals surface area contributed by atoms with Crippen LogP contribution in [0, 0.1) is 0 Å². The monoisotopic (exact) mass is 362 g/mol. The molecule has 0 nitrogen and oxygen atoms in total. The number of halogens is 1. The normalized spacial score (nSPS) is 13.1. The van der Waals surface area contributed by atoms with Gasteiger partial charge in [-0.3, -0.25) is 0 Å². The molecule has 2 aromatic carbocycles. The van der Waals surface area contributed by atoms with Crippen LogP contribution in [0.4, 0.5) is 0 Å². The molecule has 0 aliphatic heterocycles. The molecule has 0 bridgehead atoms. The first-order chi connectivity index (χ1) is 10.0. The number of alkyl halides is 1. The van der Waals surface area contributed by atoms with Gasteiger partial charge in [-0.2, -0.15) is 0 Å². The van der Waals surface area contributed by atoms with Crippen LogP contribution in [0.5, 0.6) is 0 Å². The van der Waals surface area contributed by atoms with Crippen molar-refractivity contribution in [2.45, 2.75) is 37.0 Å². The van der Waals surface area contributed by atoms with Crippen LogP contribution in [-0.4, -0.2) is 11.1 Å². The number of benzene rings is 2. The molecule has 0 fully saturated rings. The average Bonchev–Trinajstić information content (AvgIpc) is 2.48. The molecule has 112 valence electrons. The molecule has 0 aromatic heterocycles. The van der Waals surface area contributed by atoms with Gasteiger partial charge in [0.25, 0.3) is 0 Å². The van der Waals surface area contributed by atoms with E-state index in [-0.39, 0.29) is 5.41 Å². The van der Waals surface area contributed by atoms with Crippen LogP contribution in [0.25, 0.3) is 0 Å². The highest BCUT2D eigenvalue weighted by atomic mass is 79.9. The minimum Gasteiger partial charge on any atom is -0.126 e. The molecule has 0 spiro atoms. The second kappa shape index (κ2) is 7.51. The van der Waals surface area contributed by atoms with Crippen molar-refractivity contribution in [1.82, 2.24) is 0 Å². The smallest absolute Gasteiger partial charge is 0.0108 e. The van der Waals surface area contributed by atoms with E-state index in [9.17, 15) is 0 Å². The summed E-state index contributed by atoms with van der Waals surface area (Å²) in [6, 6.07) is 19.8. The molecular formula is C19H23BrS. The van der Waals surface area contributed by atoms with Crippen molar-refractivity contribution >= 4 is 27.7 Å². The molecule has 1 unspecified atom stereocenters. The maximum Gasteiger partial charge on any atom is 0.0108 e. The minimum absolute atomic E-state index is 0.228. The Morgan fingerprint density at radius 1 is 0.952 bits per heavy atom. The summed E-state index contributed by atoms with van der Waals surface area (Å²) in [5.74, 6) is 1.66. The van der Waals surface area contributed by atoms with E-state index in [1.54, 1.807) is 0 Å². The molecule has 0 N–H and O–H groups in total. The van der Waals surface area contributed by atoms with Gasteiger partial charge < -0.3 is 0 Å². The van der Waals surface area contributed by atoms with Crippen LogP contribution < -0.4 is 0 Å². The lowest BCUT2D eigenvalue weighted by atomic mass is 9.87. The van der Waals surface area contributed by atoms with Crippen LogP contribution in [0.1, 0.15) is 37.8 Å². The molecular weight excluding hydrogens is 340 g/mol. The molecule has 2 rings (SSSR count). The highest BCUT2D eigenvalue weighted by molar-refractivity contribution is 9.09. The third-order valence-corrected chi connectivity index (χ3v) is 5.58. The maximum atomic E-state index is 3.65. The molecule has 0 saturated carbocycles. The SMILES string of the molecule is CC(C)(C)c1ccc(SCC(CBr)c2ccccc2)cc1. The van der Waals surface area contributed by atoms with E-state index in [2.05, 4.69) is 91.3 Å². The lowest BCUT2D eigenvalue weighted by molar-refractivity contribution is 0.590. The van der Waals surface area contributed by atoms with E-state index in [1.165, 1.54) is 16.0 Å². The van der Waals surface area contributed by atoms with E-state index in [0.29, 0.717) is 5.92 Å². The van der Waals surface area contributed by atoms with E-state index in [4.69, 9.17) is 0 Å². The van der Waals surface area contributed by atoms with Crippen molar-refractivity contribution in [2.24, 2.45) is 0 Å². The molecule has 0 radical (unpaired) electrons. The summed E-state index contributed by atoms with van der Waals surface area (Å²) in [6.45, 7) is 6.77. The summed E-state index contributed by atoms with van der Waals surface area (Å²) < 4.78 is 0. The van der Waals surface area contributed by atoms with Crippen LogP contribution in [0.2, 0.25) is 0 Å². The Bertz CT molecular complexity index is 540. The second-order valence-electron chi connectivity index (χ2n) is 6.35. The second-order valence-corrected chi connectivity index (χ2v) is 8.09. The van der Waals surface area contributed by atoms with E-state index >= 15 is 0 Å². The Kier molecular flexibility index (Phi) is 5.95. The van der Waals surface area contributed by atoms with Crippen molar-refractivity contribution in [3.8, 4) is 0 Å². The fourth-order valence-electron chi connectivity index (χ4n) is 2.20. The van der Waals surface area contributed by atoms with Crippen LogP contribution in [0.15, 0.2) is 59.5 Å². The molecule has 0 aliphatic carbocycles. The van der Waals surface area contributed by atoms with Gasteiger partial charge in [0, 0.05) is 21.9 Å². The predicted octanol–water partition coefficient (Wildman–Crippen LogP) is 6.25. The zero-order valence-corrected chi connectivity index (χ0v) is 15.4. The van der Waals surface area contributed by atoms with E-state index in [1.807, 2.05) is 11.8 Å². The third-order valence-electron chi connectivity index (χ3n) is 3.63.